The van der Waals surface area contributed by atoms with Crippen LogP contribution in [0.3, 0.4) is 0 Å². The van der Waals surface area contributed by atoms with Gasteiger partial charge in [0.05, 0.1) is 14.2 Å². The van der Waals surface area contributed by atoms with E-state index < -0.39 is 17.7 Å². The molecule has 1 N–H and O–H groups in total. The lowest BCUT2D eigenvalue weighted by atomic mass is 10.0. The summed E-state index contributed by atoms with van der Waals surface area (Å²) in [4.78, 5) is 35.8. The van der Waals surface area contributed by atoms with Crippen molar-refractivity contribution < 1.29 is 23.9 Å². The first-order valence-electron chi connectivity index (χ1n) is 5.95. The van der Waals surface area contributed by atoms with E-state index in [2.05, 4.69) is 19.7 Å². The zero-order valence-electron chi connectivity index (χ0n) is 11.4. The molecule has 1 aromatic heterocycles. The number of methoxy groups -OCH3 is 2. The molecular weight excluding hydrogens is 276 g/mol. The van der Waals surface area contributed by atoms with E-state index in [1.807, 2.05) is 0 Å². The molecule has 0 bridgehead atoms. The van der Waals surface area contributed by atoms with Crippen LogP contribution in [0.25, 0.3) is 0 Å². The highest BCUT2D eigenvalue weighted by molar-refractivity contribution is 6.16. The molecule has 0 saturated carbocycles. The molecule has 0 aliphatic heterocycles. The zero-order chi connectivity index (χ0) is 15.4. The molecule has 7 nitrogen and oxygen atoms in total. The number of benzene rings is 1. The van der Waals surface area contributed by atoms with Crippen LogP contribution in [0.1, 0.15) is 36.9 Å². The normalized spacial score (nSPS) is 10.0. The number of H-pyrrole nitrogens is 1. The number of carbonyl (C=O) groups excluding carboxylic acids is 3. The number of nitrogens with one attached hydrogen (secondary N) is 1. The van der Waals surface area contributed by atoms with Gasteiger partial charge in [-0.05, 0) is 0 Å². The average molecular weight is 288 g/mol. The van der Waals surface area contributed by atoms with Gasteiger partial charge in [-0.2, -0.15) is 5.10 Å². The van der Waals surface area contributed by atoms with Crippen LogP contribution < -0.4 is 0 Å². The first-order valence-corrected chi connectivity index (χ1v) is 5.95. The number of hydrogen-bond acceptors (Lipinski definition) is 6. The number of ether oxygens (including phenoxy) is 2. The fourth-order valence-electron chi connectivity index (χ4n) is 1.78. The van der Waals surface area contributed by atoms with E-state index in [1.54, 1.807) is 30.3 Å². The van der Waals surface area contributed by atoms with Crippen molar-refractivity contribution >= 4 is 17.7 Å². The Hall–Kier alpha value is -2.96. The Morgan fingerprint density at radius 1 is 1.00 bits per heavy atom. The lowest BCUT2D eigenvalue weighted by molar-refractivity contribution is 0.0551. The van der Waals surface area contributed by atoms with E-state index >= 15 is 0 Å². The Balaban J connectivity index is 2.54. The van der Waals surface area contributed by atoms with Crippen LogP contribution >= 0.6 is 0 Å². The van der Waals surface area contributed by atoms with Gasteiger partial charge in [0.2, 0.25) is 5.78 Å². The number of hydrogen-bond donors (Lipinski definition) is 1. The van der Waals surface area contributed by atoms with E-state index in [0.29, 0.717) is 5.56 Å². The molecule has 21 heavy (non-hydrogen) atoms. The molecule has 1 heterocycles. The molecule has 2 rings (SSSR count). The van der Waals surface area contributed by atoms with Crippen LogP contribution in [0.2, 0.25) is 0 Å². The SMILES string of the molecule is COC(=O)c1[nH]nc(C(=O)c2ccccc2)c1C(=O)OC. The molecular formula is C14H12N2O5. The van der Waals surface area contributed by atoms with Crippen molar-refractivity contribution in [3.05, 3.63) is 52.8 Å². The topological polar surface area (TPSA) is 98.4 Å². The molecule has 0 aliphatic carbocycles. The minimum Gasteiger partial charge on any atom is -0.465 e. The lowest BCUT2D eigenvalue weighted by Crippen LogP contribution is -2.14. The van der Waals surface area contributed by atoms with Crippen LogP contribution in [0, 0.1) is 0 Å². The van der Waals surface area contributed by atoms with Gasteiger partial charge in [-0.15, -0.1) is 0 Å². The standard InChI is InChI=1S/C14H12N2O5/c1-20-13(18)9-10(15-16-11(9)14(19)21-2)12(17)8-6-4-3-5-7-8/h3-7H,1-2H3,(H,15,16). The van der Waals surface area contributed by atoms with E-state index in [9.17, 15) is 14.4 Å². The summed E-state index contributed by atoms with van der Waals surface area (Å²) in [5.41, 5.74) is -0.305. The predicted molar refractivity (Wildman–Crippen MR) is 71.1 cm³/mol. The number of rotatable bonds is 4. The Morgan fingerprint density at radius 3 is 2.19 bits per heavy atom. The number of carbonyl (C=O) groups is 3. The van der Waals surface area contributed by atoms with Gasteiger partial charge in [0.15, 0.2) is 5.69 Å². The smallest absolute Gasteiger partial charge is 0.357 e. The minimum atomic E-state index is -0.844. The number of esters is 2. The summed E-state index contributed by atoms with van der Waals surface area (Å²) in [5, 5.41) is 6.10. The van der Waals surface area contributed by atoms with Gasteiger partial charge in [-0.3, -0.25) is 9.89 Å². The summed E-state index contributed by atoms with van der Waals surface area (Å²) in [6, 6.07) is 8.27. The van der Waals surface area contributed by atoms with Gasteiger partial charge < -0.3 is 9.47 Å². The molecule has 2 aromatic rings. The van der Waals surface area contributed by atoms with E-state index in [0.717, 1.165) is 14.2 Å². The first-order chi connectivity index (χ1) is 10.1. The van der Waals surface area contributed by atoms with Gasteiger partial charge in [0.25, 0.3) is 0 Å². The Bertz CT molecular complexity index is 691. The van der Waals surface area contributed by atoms with Crippen molar-refractivity contribution in [1.82, 2.24) is 10.2 Å². The molecule has 0 saturated heterocycles. The first kappa shape index (κ1) is 14.4. The Morgan fingerprint density at radius 2 is 1.62 bits per heavy atom. The molecule has 0 fully saturated rings. The van der Waals surface area contributed by atoms with Crippen molar-refractivity contribution in [2.75, 3.05) is 14.2 Å². The fourth-order valence-corrected chi connectivity index (χ4v) is 1.78. The van der Waals surface area contributed by atoms with Gasteiger partial charge in [0.1, 0.15) is 11.3 Å². The third-order valence-electron chi connectivity index (χ3n) is 2.80. The van der Waals surface area contributed by atoms with Crippen molar-refractivity contribution in [2.45, 2.75) is 0 Å². The summed E-state index contributed by atoms with van der Waals surface area (Å²) >= 11 is 0. The van der Waals surface area contributed by atoms with Crippen LogP contribution in [0.15, 0.2) is 30.3 Å². The van der Waals surface area contributed by atoms with Gasteiger partial charge in [0, 0.05) is 5.56 Å². The van der Waals surface area contributed by atoms with Crippen molar-refractivity contribution in [2.24, 2.45) is 0 Å². The molecule has 1 aromatic carbocycles. The van der Waals surface area contributed by atoms with E-state index in [1.165, 1.54) is 0 Å². The average Bonchev–Trinajstić information content (AvgIpc) is 2.98. The third kappa shape index (κ3) is 2.66. The quantitative estimate of drug-likeness (QED) is 0.670. The number of ketones is 1. The second-order valence-electron chi connectivity index (χ2n) is 4.00. The van der Waals surface area contributed by atoms with Crippen LogP contribution in [0.4, 0.5) is 0 Å². The van der Waals surface area contributed by atoms with Crippen molar-refractivity contribution in [3.8, 4) is 0 Å². The maximum atomic E-state index is 12.4. The van der Waals surface area contributed by atoms with Crippen molar-refractivity contribution in [3.63, 3.8) is 0 Å². The maximum absolute atomic E-state index is 12.4. The number of aromatic amines is 1. The van der Waals surface area contributed by atoms with E-state index in [4.69, 9.17) is 0 Å². The van der Waals surface area contributed by atoms with Crippen molar-refractivity contribution in [1.29, 1.82) is 0 Å². The number of nitrogens with zero attached hydrogens (tertiary/aromatic N) is 1. The molecule has 7 heteroatoms. The third-order valence-corrected chi connectivity index (χ3v) is 2.80. The summed E-state index contributed by atoms with van der Waals surface area (Å²) in [6.45, 7) is 0. The van der Waals surface area contributed by atoms with Crippen LogP contribution in [-0.4, -0.2) is 42.1 Å². The van der Waals surface area contributed by atoms with Gasteiger partial charge >= 0.3 is 11.9 Å². The molecule has 0 amide bonds. The van der Waals surface area contributed by atoms with Crippen LogP contribution in [0.5, 0.6) is 0 Å². The lowest BCUT2D eigenvalue weighted by Gasteiger charge is -2.02. The molecule has 108 valence electrons. The highest BCUT2D eigenvalue weighted by Gasteiger charge is 2.30. The highest BCUT2D eigenvalue weighted by Crippen LogP contribution is 2.17. The second kappa shape index (κ2) is 6.00. The summed E-state index contributed by atoms with van der Waals surface area (Å²) in [7, 11) is 2.30. The second-order valence-corrected chi connectivity index (χ2v) is 4.00. The monoisotopic (exact) mass is 288 g/mol. The van der Waals surface area contributed by atoms with Crippen LogP contribution in [-0.2, 0) is 9.47 Å². The summed E-state index contributed by atoms with van der Waals surface area (Å²) < 4.78 is 9.14. The zero-order valence-corrected chi connectivity index (χ0v) is 11.4. The Kier molecular flexibility index (Phi) is 4.13. The fraction of sp³-hybridized carbons (Fsp3) is 0.143. The highest BCUT2D eigenvalue weighted by atomic mass is 16.5. The summed E-state index contributed by atoms with van der Waals surface area (Å²) in [6.07, 6.45) is 0. The maximum Gasteiger partial charge on any atom is 0.357 e. The predicted octanol–water partition coefficient (Wildman–Crippen LogP) is 1.21. The molecule has 0 atom stereocenters. The summed E-state index contributed by atoms with van der Waals surface area (Å²) in [5.74, 6) is -2.15. The molecule has 0 radical (unpaired) electrons. The largest absolute Gasteiger partial charge is 0.465 e. The molecule has 0 unspecified atom stereocenters. The molecule has 0 aliphatic rings. The number of aromatic nitrogens is 2. The van der Waals surface area contributed by atoms with E-state index in [-0.39, 0.29) is 17.0 Å². The van der Waals surface area contributed by atoms with Gasteiger partial charge in [-0.1, -0.05) is 30.3 Å². The minimum absolute atomic E-state index is 0.187. The molecule has 0 spiro atoms. The van der Waals surface area contributed by atoms with Gasteiger partial charge in [-0.25, -0.2) is 9.59 Å². The Labute approximate surface area is 119 Å².